The van der Waals surface area contributed by atoms with E-state index in [0.29, 0.717) is 12.4 Å². The molecule has 1 amide bonds. The molecule has 1 aromatic heterocycles. The SMILES string of the molecule is O=C(O)N1C[C@@H]2C[C@H]1CN2c1ccc(-c2ncc(F)cn2)cc1. The zero-order valence-electron chi connectivity index (χ0n) is 12.3. The third kappa shape index (κ3) is 2.38. The lowest BCUT2D eigenvalue weighted by atomic mass is 10.1. The van der Waals surface area contributed by atoms with Gasteiger partial charge in [-0.15, -0.1) is 0 Å². The lowest BCUT2D eigenvalue weighted by Crippen LogP contribution is -2.48. The van der Waals surface area contributed by atoms with Crippen molar-refractivity contribution in [2.24, 2.45) is 0 Å². The van der Waals surface area contributed by atoms with Crippen LogP contribution in [0.25, 0.3) is 11.4 Å². The summed E-state index contributed by atoms with van der Waals surface area (Å²) in [6, 6.07) is 8.09. The Labute approximate surface area is 132 Å². The highest BCUT2D eigenvalue weighted by Crippen LogP contribution is 2.35. The zero-order valence-corrected chi connectivity index (χ0v) is 12.3. The first-order valence-electron chi connectivity index (χ1n) is 7.46. The smallest absolute Gasteiger partial charge is 0.407 e. The van der Waals surface area contributed by atoms with Gasteiger partial charge in [0.05, 0.1) is 18.4 Å². The fourth-order valence-corrected chi connectivity index (χ4v) is 3.48. The Morgan fingerprint density at radius 3 is 2.39 bits per heavy atom. The van der Waals surface area contributed by atoms with Gasteiger partial charge in [0.25, 0.3) is 0 Å². The van der Waals surface area contributed by atoms with Crippen molar-refractivity contribution in [2.45, 2.75) is 18.5 Å². The first kappa shape index (κ1) is 13.9. The van der Waals surface area contributed by atoms with E-state index in [2.05, 4.69) is 14.9 Å². The zero-order chi connectivity index (χ0) is 16.0. The van der Waals surface area contributed by atoms with Crippen molar-refractivity contribution < 1.29 is 14.3 Å². The summed E-state index contributed by atoms with van der Waals surface area (Å²) in [5.41, 5.74) is 1.89. The van der Waals surface area contributed by atoms with E-state index in [4.69, 9.17) is 5.11 Å². The summed E-state index contributed by atoms with van der Waals surface area (Å²) >= 11 is 0. The highest BCUT2D eigenvalue weighted by molar-refractivity contribution is 5.68. The summed E-state index contributed by atoms with van der Waals surface area (Å²) in [7, 11) is 0. The maximum atomic E-state index is 12.9. The second-order valence-electron chi connectivity index (χ2n) is 5.90. The summed E-state index contributed by atoms with van der Waals surface area (Å²) in [6.45, 7) is 1.28. The van der Waals surface area contributed by atoms with E-state index in [0.717, 1.165) is 36.6 Å². The standard InChI is InChI=1S/C16H15FN4O2/c17-11-6-18-15(19-7-11)10-1-3-12(4-2-10)20-8-14-5-13(20)9-21(14)16(22)23/h1-4,6-7,13-14H,5,8-9H2,(H,22,23)/t13-,14-/m0/s1. The number of amides is 1. The number of rotatable bonds is 2. The topological polar surface area (TPSA) is 69.6 Å². The van der Waals surface area contributed by atoms with Gasteiger partial charge in [0.1, 0.15) is 0 Å². The third-order valence-corrected chi connectivity index (χ3v) is 4.56. The van der Waals surface area contributed by atoms with E-state index >= 15 is 0 Å². The fourth-order valence-electron chi connectivity index (χ4n) is 3.48. The fraction of sp³-hybridized carbons (Fsp3) is 0.312. The molecule has 4 rings (SSSR count). The van der Waals surface area contributed by atoms with Crippen LogP contribution in [0.2, 0.25) is 0 Å². The molecule has 7 heteroatoms. The number of carbonyl (C=O) groups is 1. The van der Waals surface area contributed by atoms with Crippen LogP contribution in [0.4, 0.5) is 14.9 Å². The number of benzene rings is 1. The maximum absolute atomic E-state index is 12.9. The second kappa shape index (κ2) is 5.19. The highest BCUT2D eigenvalue weighted by Gasteiger charge is 2.45. The quantitative estimate of drug-likeness (QED) is 0.920. The number of aromatic nitrogens is 2. The van der Waals surface area contributed by atoms with Crippen LogP contribution < -0.4 is 4.90 Å². The van der Waals surface area contributed by atoms with Crippen LogP contribution in [0.1, 0.15) is 6.42 Å². The van der Waals surface area contributed by atoms with Gasteiger partial charge in [0.15, 0.2) is 11.6 Å². The molecule has 3 heterocycles. The number of likely N-dealkylation sites (tertiary alicyclic amines) is 1. The average molecular weight is 314 g/mol. The van der Waals surface area contributed by atoms with Crippen molar-refractivity contribution in [1.82, 2.24) is 14.9 Å². The second-order valence-corrected chi connectivity index (χ2v) is 5.90. The molecular weight excluding hydrogens is 299 g/mol. The summed E-state index contributed by atoms with van der Waals surface area (Å²) in [5, 5.41) is 9.14. The molecule has 2 saturated heterocycles. The van der Waals surface area contributed by atoms with Crippen molar-refractivity contribution in [3.63, 3.8) is 0 Å². The van der Waals surface area contributed by atoms with Gasteiger partial charge in [-0.3, -0.25) is 0 Å². The Morgan fingerprint density at radius 1 is 1.13 bits per heavy atom. The normalized spacial score (nSPS) is 22.7. The predicted octanol–water partition coefficient (Wildman–Crippen LogP) is 2.22. The summed E-state index contributed by atoms with van der Waals surface area (Å²) in [5.74, 6) is 0.0272. The molecule has 0 saturated carbocycles. The van der Waals surface area contributed by atoms with Gasteiger partial charge in [0.2, 0.25) is 0 Å². The van der Waals surface area contributed by atoms with Gasteiger partial charge in [0, 0.05) is 30.4 Å². The largest absolute Gasteiger partial charge is 0.465 e. The minimum absolute atomic E-state index is 0.0811. The van der Waals surface area contributed by atoms with Crippen LogP contribution in [0.3, 0.4) is 0 Å². The number of anilines is 1. The lowest BCUT2D eigenvalue weighted by Gasteiger charge is -2.34. The molecule has 0 spiro atoms. The minimum Gasteiger partial charge on any atom is -0.465 e. The number of hydrogen-bond acceptors (Lipinski definition) is 4. The van der Waals surface area contributed by atoms with Crippen LogP contribution in [0.5, 0.6) is 0 Å². The molecule has 2 atom stereocenters. The molecule has 0 unspecified atom stereocenters. The first-order valence-corrected chi connectivity index (χ1v) is 7.46. The molecule has 23 heavy (non-hydrogen) atoms. The van der Waals surface area contributed by atoms with Crippen LogP contribution in [0.15, 0.2) is 36.7 Å². The molecule has 2 fully saturated rings. The van der Waals surface area contributed by atoms with Crippen LogP contribution in [0, 0.1) is 5.82 Å². The van der Waals surface area contributed by atoms with Crippen LogP contribution in [-0.4, -0.2) is 51.2 Å². The molecule has 2 aromatic rings. The molecule has 0 radical (unpaired) electrons. The predicted molar refractivity (Wildman–Crippen MR) is 81.7 cm³/mol. The van der Waals surface area contributed by atoms with Gasteiger partial charge in [-0.05, 0) is 30.7 Å². The molecule has 1 N–H and O–H groups in total. The molecule has 118 valence electrons. The Balaban J connectivity index is 1.52. The molecule has 2 aliphatic heterocycles. The Hall–Kier alpha value is -2.70. The van der Waals surface area contributed by atoms with E-state index in [9.17, 15) is 9.18 Å². The van der Waals surface area contributed by atoms with Crippen LogP contribution in [-0.2, 0) is 0 Å². The van der Waals surface area contributed by atoms with Gasteiger partial charge in [-0.25, -0.2) is 19.2 Å². The summed E-state index contributed by atoms with van der Waals surface area (Å²) in [6.07, 6.45) is 2.35. The van der Waals surface area contributed by atoms with E-state index in [-0.39, 0.29) is 12.1 Å². The monoisotopic (exact) mass is 314 g/mol. The van der Waals surface area contributed by atoms with Gasteiger partial charge in [-0.2, -0.15) is 0 Å². The van der Waals surface area contributed by atoms with Crippen molar-refractivity contribution in [2.75, 3.05) is 18.0 Å². The van der Waals surface area contributed by atoms with E-state index in [1.165, 1.54) is 4.90 Å². The van der Waals surface area contributed by atoms with Crippen molar-refractivity contribution in [3.05, 3.63) is 42.5 Å². The van der Waals surface area contributed by atoms with Crippen molar-refractivity contribution in [1.29, 1.82) is 0 Å². The number of piperazine rings is 1. The minimum atomic E-state index is -0.832. The third-order valence-electron chi connectivity index (χ3n) is 4.56. The van der Waals surface area contributed by atoms with Crippen molar-refractivity contribution >= 4 is 11.8 Å². The lowest BCUT2D eigenvalue weighted by molar-refractivity contribution is 0.137. The molecular formula is C16H15FN4O2. The van der Waals surface area contributed by atoms with Gasteiger partial charge in [-0.1, -0.05) is 0 Å². The Morgan fingerprint density at radius 2 is 1.83 bits per heavy atom. The number of fused-ring (bicyclic) bond motifs is 2. The van der Waals surface area contributed by atoms with E-state index in [1.54, 1.807) is 0 Å². The van der Waals surface area contributed by atoms with E-state index < -0.39 is 11.9 Å². The summed E-state index contributed by atoms with van der Waals surface area (Å²) < 4.78 is 12.9. The van der Waals surface area contributed by atoms with Crippen LogP contribution >= 0.6 is 0 Å². The van der Waals surface area contributed by atoms with Gasteiger partial charge >= 0.3 is 6.09 Å². The van der Waals surface area contributed by atoms with Crippen molar-refractivity contribution in [3.8, 4) is 11.4 Å². The number of halogens is 1. The molecule has 1 aromatic carbocycles. The van der Waals surface area contributed by atoms with Gasteiger partial charge < -0.3 is 14.9 Å². The molecule has 2 bridgehead atoms. The summed E-state index contributed by atoms with van der Waals surface area (Å²) in [4.78, 5) is 22.8. The number of carboxylic acid groups (broad SMARTS) is 1. The van der Waals surface area contributed by atoms with E-state index in [1.807, 2.05) is 24.3 Å². The number of hydrogen-bond donors (Lipinski definition) is 1. The molecule has 6 nitrogen and oxygen atoms in total. The number of nitrogens with zero attached hydrogens (tertiary/aromatic N) is 4. The maximum Gasteiger partial charge on any atom is 0.407 e. The average Bonchev–Trinajstić information content (AvgIpc) is 3.16. The molecule has 2 aliphatic rings. The molecule has 0 aliphatic carbocycles. The first-order chi connectivity index (χ1) is 11.1. The Bertz CT molecular complexity index is 735. The highest BCUT2D eigenvalue weighted by atomic mass is 19.1. The Kier molecular flexibility index (Phi) is 3.14.